The molecule has 2 amide bonds. The Labute approximate surface area is 160 Å². The number of hydrogen-bond donors (Lipinski definition) is 2. The molecule has 5 heteroatoms. The molecule has 2 N–H and O–H groups in total. The van der Waals surface area contributed by atoms with Crippen LogP contribution in [-0.4, -0.2) is 29.8 Å². The first kappa shape index (κ1) is 19.0. The van der Waals surface area contributed by atoms with Gasteiger partial charge in [-0.05, 0) is 55.5 Å². The molecular weight excluding hydrogens is 338 g/mol. The molecule has 27 heavy (non-hydrogen) atoms. The molecule has 1 aliphatic rings. The predicted octanol–water partition coefficient (Wildman–Crippen LogP) is 4.12. The number of rotatable bonds is 5. The molecule has 2 aromatic carbocycles. The maximum atomic E-state index is 13.2. The number of piperidine rings is 1. The van der Waals surface area contributed by atoms with Crippen molar-refractivity contribution >= 4 is 23.2 Å². The van der Waals surface area contributed by atoms with Gasteiger partial charge < -0.3 is 15.5 Å². The highest BCUT2D eigenvalue weighted by atomic mass is 16.2. The van der Waals surface area contributed by atoms with E-state index in [0.29, 0.717) is 0 Å². The molecule has 1 heterocycles. The Morgan fingerprint density at radius 3 is 2.33 bits per heavy atom. The molecule has 1 unspecified atom stereocenters. The highest BCUT2D eigenvalue weighted by Crippen LogP contribution is 2.26. The zero-order valence-corrected chi connectivity index (χ0v) is 16.0. The lowest BCUT2D eigenvalue weighted by Gasteiger charge is -2.31. The van der Waals surface area contributed by atoms with Crippen molar-refractivity contribution in [2.45, 2.75) is 39.2 Å². The molecule has 1 fully saturated rings. The minimum atomic E-state index is -0.421. The lowest BCUT2D eigenvalue weighted by Crippen LogP contribution is -2.41. The third kappa shape index (κ3) is 4.88. The maximum Gasteiger partial charge on any atom is 0.249 e. The van der Waals surface area contributed by atoms with E-state index in [0.717, 1.165) is 48.4 Å². The van der Waals surface area contributed by atoms with E-state index in [1.165, 1.54) is 13.3 Å². The molecule has 1 saturated heterocycles. The first-order valence-electron chi connectivity index (χ1n) is 9.53. The minimum Gasteiger partial charge on any atom is -0.370 e. The SMILES string of the molecule is CC(=O)Nc1ccc(NC(C(=O)N2CCCCC2)c2ccccc2)cc1C. The van der Waals surface area contributed by atoms with Gasteiger partial charge in [-0.15, -0.1) is 0 Å². The normalized spacial score (nSPS) is 15.1. The number of carbonyl (C=O) groups excluding carboxylic acids is 2. The summed E-state index contributed by atoms with van der Waals surface area (Å²) in [6, 6.07) is 15.1. The molecule has 0 bridgehead atoms. The first-order valence-corrected chi connectivity index (χ1v) is 9.53. The Morgan fingerprint density at radius 2 is 1.70 bits per heavy atom. The Balaban J connectivity index is 1.84. The van der Waals surface area contributed by atoms with Crippen LogP contribution in [0.2, 0.25) is 0 Å². The van der Waals surface area contributed by atoms with Gasteiger partial charge in [0.1, 0.15) is 6.04 Å². The average molecular weight is 365 g/mol. The summed E-state index contributed by atoms with van der Waals surface area (Å²) in [4.78, 5) is 26.5. The molecular formula is C22H27N3O2. The molecule has 3 rings (SSSR count). The highest BCUT2D eigenvalue weighted by Gasteiger charge is 2.27. The van der Waals surface area contributed by atoms with Crippen LogP contribution in [0.25, 0.3) is 0 Å². The number of nitrogens with one attached hydrogen (secondary N) is 2. The maximum absolute atomic E-state index is 13.2. The molecule has 0 aliphatic carbocycles. The van der Waals surface area contributed by atoms with E-state index >= 15 is 0 Å². The Kier molecular flexibility index (Phi) is 6.12. The number of anilines is 2. The molecule has 1 atom stereocenters. The Hall–Kier alpha value is -2.82. The van der Waals surface area contributed by atoms with Gasteiger partial charge in [-0.3, -0.25) is 9.59 Å². The second-order valence-corrected chi connectivity index (χ2v) is 7.08. The van der Waals surface area contributed by atoms with E-state index in [2.05, 4.69) is 10.6 Å². The van der Waals surface area contributed by atoms with Crippen LogP contribution >= 0.6 is 0 Å². The Morgan fingerprint density at radius 1 is 1.00 bits per heavy atom. The van der Waals surface area contributed by atoms with Crippen LogP contribution in [0, 0.1) is 6.92 Å². The van der Waals surface area contributed by atoms with Crippen molar-refractivity contribution in [2.75, 3.05) is 23.7 Å². The number of benzene rings is 2. The van der Waals surface area contributed by atoms with Crippen molar-refractivity contribution < 1.29 is 9.59 Å². The summed E-state index contributed by atoms with van der Waals surface area (Å²) in [5.41, 5.74) is 3.55. The number of likely N-dealkylation sites (tertiary alicyclic amines) is 1. The van der Waals surface area contributed by atoms with E-state index < -0.39 is 6.04 Å². The van der Waals surface area contributed by atoms with Crippen LogP contribution in [0.3, 0.4) is 0 Å². The van der Waals surface area contributed by atoms with Crippen molar-refractivity contribution in [3.63, 3.8) is 0 Å². The number of nitrogens with zero attached hydrogens (tertiary/aromatic N) is 1. The summed E-state index contributed by atoms with van der Waals surface area (Å²) in [7, 11) is 0. The van der Waals surface area contributed by atoms with E-state index in [4.69, 9.17) is 0 Å². The zero-order chi connectivity index (χ0) is 19.2. The summed E-state index contributed by atoms with van der Waals surface area (Å²) >= 11 is 0. The lowest BCUT2D eigenvalue weighted by atomic mass is 10.0. The number of carbonyl (C=O) groups is 2. The van der Waals surface area contributed by atoms with Crippen molar-refractivity contribution in [2.24, 2.45) is 0 Å². The van der Waals surface area contributed by atoms with E-state index in [-0.39, 0.29) is 11.8 Å². The fraction of sp³-hybridized carbons (Fsp3) is 0.364. The number of amides is 2. The van der Waals surface area contributed by atoms with Gasteiger partial charge in [0.05, 0.1) is 0 Å². The van der Waals surface area contributed by atoms with Gasteiger partial charge in [-0.2, -0.15) is 0 Å². The Bertz CT molecular complexity index is 798. The van der Waals surface area contributed by atoms with Crippen LogP contribution in [0.4, 0.5) is 11.4 Å². The van der Waals surface area contributed by atoms with Crippen LogP contribution in [0.1, 0.15) is 43.4 Å². The fourth-order valence-corrected chi connectivity index (χ4v) is 3.48. The summed E-state index contributed by atoms with van der Waals surface area (Å²) in [6.07, 6.45) is 3.33. The molecule has 0 radical (unpaired) electrons. The van der Waals surface area contributed by atoms with Crippen molar-refractivity contribution in [3.05, 3.63) is 59.7 Å². The van der Waals surface area contributed by atoms with Crippen molar-refractivity contribution in [3.8, 4) is 0 Å². The smallest absolute Gasteiger partial charge is 0.249 e. The molecule has 5 nitrogen and oxygen atoms in total. The van der Waals surface area contributed by atoms with Gasteiger partial charge in [-0.1, -0.05) is 30.3 Å². The van der Waals surface area contributed by atoms with Gasteiger partial charge >= 0.3 is 0 Å². The minimum absolute atomic E-state index is 0.0961. The summed E-state index contributed by atoms with van der Waals surface area (Å²) in [5.74, 6) is 0.0192. The molecule has 0 saturated carbocycles. The number of aryl methyl sites for hydroxylation is 1. The van der Waals surface area contributed by atoms with Gasteiger partial charge in [0.15, 0.2) is 0 Å². The second kappa shape index (κ2) is 8.71. The molecule has 1 aliphatic heterocycles. The standard InChI is InChI=1S/C22H27N3O2/c1-16-15-19(11-12-20(16)23-17(2)26)24-21(18-9-5-3-6-10-18)22(27)25-13-7-4-8-14-25/h3,5-6,9-12,15,21,24H,4,7-8,13-14H2,1-2H3,(H,23,26). The average Bonchev–Trinajstić information content (AvgIpc) is 2.68. The van der Waals surface area contributed by atoms with Crippen molar-refractivity contribution in [1.29, 1.82) is 0 Å². The predicted molar refractivity (Wildman–Crippen MR) is 109 cm³/mol. The summed E-state index contributed by atoms with van der Waals surface area (Å²) in [5, 5.41) is 6.23. The molecule has 0 spiro atoms. The summed E-state index contributed by atoms with van der Waals surface area (Å²) in [6.45, 7) is 5.09. The van der Waals surface area contributed by atoms with Crippen LogP contribution in [0.5, 0.6) is 0 Å². The largest absolute Gasteiger partial charge is 0.370 e. The van der Waals surface area contributed by atoms with Gasteiger partial charge in [-0.25, -0.2) is 0 Å². The lowest BCUT2D eigenvalue weighted by molar-refractivity contribution is -0.133. The second-order valence-electron chi connectivity index (χ2n) is 7.08. The third-order valence-electron chi connectivity index (χ3n) is 4.90. The first-order chi connectivity index (χ1) is 13.0. The highest BCUT2D eigenvalue weighted by molar-refractivity contribution is 5.90. The van der Waals surface area contributed by atoms with E-state index in [1.54, 1.807) is 0 Å². The van der Waals surface area contributed by atoms with Gasteiger partial charge in [0.25, 0.3) is 0 Å². The van der Waals surface area contributed by atoms with Gasteiger partial charge in [0.2, 0.25) is 11.8 Å². The van der Waals surface area contributed by atoms with Crippen LogP contribution < -0.4 is 10.6 Å². The third-order valence-corrected chi connectivity index (χ3v) is 4.90. The van der Waals surface area contributed by atoms with E-state index in [1.807, 2.05) is 60.4 Å². The molecule has 142 valence electrons. The van der Waals surface area contributed by atoms with Crippen LogP contribution in [0.15, 0.2) is 48.5 Å². The fourth-order valence-electron chi connectivity index (χ4n) is 3.48. The summed E-state index contributed by atoms with van der Waals surface area (Å²) < 4.78 is 0. The number of hydrogen-bond acceptors (Lipinski definition) is 3. The monoisotopic (exact) mass is 365 g/mol. The van der Waals surface area contributed by atoms with E-state index in [9.17, 15) is 9.59 Å². The molecule has 0 aromatic heterocycles. The molecule has 2 aromatic rings. The van der Waals surface area contributed by atoms with Crippen molar-refractivity contribution in [1.82, 2.24) is 4.90 Å². The van der Waals surface area contributed by atoms with Crippen LogP contribution in [-0.2, 0) is 9.59 Å². The van der Waals surface area contributed by atoms with Gasteiger partial charge in [0, 0.05) is 31.4 Å². The zero-order valence-electron chi connectivity index (χ0n) is 16.0. The quantitative estimate of drug-likeness (QED) is 0.838. The topological polar surface area (TPSA) is 61.4 Å².